The number of carbonyl (C=O) groups excluding carboxylic acids is 3. The Hall–Kier alpha value is -1.75. The quantitative estimate of drug-likeness (QED) is 0.256. The molecule has 2 unspecified atom stereocenters. The van der Waals surface area contributed by atoms with Gasteiger partial charge in [-0.25, -0.2) is 0 Å². The number of Topliss-reactive ketones (excluding diaryl/α,β-unsaturated/α-hetero) is 2. The van der Waals surface area contributed by atoms with Crippen molar-refractivity contribution in [2.24, 2.45) is 11.8 Å². The smallest absolute Gasteiger partial charge is 0.305 e. The van der Waals surface area contributed by atoms with E-state index in [2.05, 4.69) is 24.7 Å². The summed E-state index contributed by atoms with van der Waals surface area (Å²) in [5.41, 5.74) is 1.31. The van der Waals surface area contributed by atoms with Crippen LogP contribution in [-0.2, 0) is 19.1 Å². The average molecular weight is 407 g/mol. The van der Waals surface area contributed by atoms with E-state index in [9.17, 15) is 19.5 Å². The van der Waals surface area contributed by atoms with Crippen molar-refractivity contribution in [2.45, 2.75) is 90.6 Å². The van der Waals surface area contributed by atoms with E-state index in [-0.39, 0.29) is 35.8 Å². The number of methoxy groups -OCH3 is 1. The minimum atomic E-state index is -0.634. The number of esters is 1. The Kier molecular flexibility index (Phi) is 12.4. The van der Waals surface area contributed by atoms with Crippen LogP contribution in [0.5, 0.6) is 0 Å². The molecule has 0 bridgehead atoms. The fourth-order valence-corrected chi connectivity index (χ4v) is 3.85. The predicted molar refractivity (Wildman–Crippen MR) is 114 cm³/mol. The molecule has 1 rings (SSSR count). The van der Waals surface area contributed by atoms with Crippen molar-refractivity contribution in [1.29, 1.82) is 0 Å². The Morgan fingerprint density at radius 2 is 1.83 bits per heavy atom. The largest absolute Gasteiger partial charge is 0.469 e. The normalized spacial score (nSPS) is 21.5. The van der Waals surface area contributed by atoms with E-state index in [0.717, 1.165) is 32.1 Å². The second-order valence-electron chi connectivity index (χ2n) is 8.29. The van der Waals surface area contributed by atoms with Gasteiger partial charge in [0.2, 0.25) is 0 Å². The molecular formula is C24H38O5. The molecule has 1 fully saturated rings. The van der Waals surface area contributed by atoms with Gasteiger partial charge in [0.15, 0.2) is 0 Å². The van der Waals surface area contributed by atoms with Crippen molar-refractivity contribution in [3.8, 4) is 0 Å². The van der Waals surface area contributed by atoms with Gasteiger partial charge < -0.3 is 9.84 Å². The molecule has 0 aliphatic heterocycles. The molecule has 0 saturated heterocycles. The van der Waals surface area contributed by atoms with Crippen molar-refractivity contribution >= 4 is 17.5 Å². The molecule has 164 valence electrons. The monoisotopic (exact) mass is 406 g/mol. The summed E-state index contributed by atoms with van der Waals surface area (Å²) < 4.78 is 4.60. The van der Waals surface area contributed by atoms with Crippen molar-refractivity contribution < 1.29 is 24.2 Å². The first-order valence-electron chi connectivity index (χ1n) is 10.9. The van der Waals surface area contributed by atoms with Crippen LogP contribution in [0, 0.1) is 11.8 Å². The summed E-state index contributed by atoms with van der Waals surface area (Å²) in [6.07, 6.45) is 12.7. The SMILES string of the molecule is COC(=O)CCC/C=C\CC1C(=O)CC(O)[C@@H]1CCC(=O)CCCCC=C(C)C. The lowest BCUT2D eigenvalue weighted by Gasteiger charge is -2.19. The molecule has 5 heteroatoms. The highest BCUT2D eigenvalue weighted by Gasteiger charge is 2.40. The third kappa shape index (κ3) is 10.6. The van der Waals surface area contributed by atoms with Gasteiger partial charge in [0.05, 0.1) is 13.2 Å². The zero-order valence-electron chi connectivity index (χ0n) is 18.3. The predicted octanol–water partition coefficient (Wildman–Crippen LogP) is 4.72. The number of hydrogen-bond donors (Lipinski definition) is 1. The molecule has 1 aliphatic rings. The maximum absolute atomic E-state index is 12.2. The number of rotatable bonds is 14. The fourth-order valence-electron chi connectivity index (χ4n) is 3.85. The molecule has 1 N–H and O–H groups in total. The number of aliphatic hydroxyl groups is 1. The number of unbranched alkanes of at least 4 members (excludes halogenated alkanes) is 3. The summed E-state index contributed by atoms with van der Waals surface area (Å²) in [6, 6.07) is 0. The van der Waals surface area contributed by atoms with Gasteiger partial charge in [-0.05, 0) is 64.7 Å². The summed E-state index contributed by atoms with van der Waals surface area (Å²) in [4.78, 5) is 35.5. The number of allylic oxidation sites excluding steroid dienone is 4. The van der Waals surface area contributed by atoms with E-state index < -0.39 is 6.10 Å². The van der Waals surface area contributed by atoms with Crippen LogP contribution in [0.25, 0.3) is 0 Å². The number of ketones is 2. The number of carbonyl (C=O) groups is 3. The van der Waals surface area contributed by atoms with Crippen molar-refractivity contribution in [3.63, 3.8) is 0 Å². The van der Waals surface area contributed by atoms with Crippen LogP contribution in [0.1, 0.15) is 84.5 Å². The lowest BCUT2D eigenvalue weighted by Crippen LogP contribution is -2.21. The van der Waals surface area contributed by atoms with Crippen LogP contribution < -0.4 is 0 Å². The Balaban J connectivity index is 2.34. The minimum Gasteiger partial charge on any atom is -0.469 e. The van der Waals surface area contributed by atoms with Gasteiger partial charge in [0.1, 0.15) is 11.6 Å². The number of hydrogen-bond acceptors (Lipinski definition) is 5. The summed E-state index contributed by atoms with van der Waals surface area (Å²) in [5, 5.41) is 10.3. The Bertz CT molecular complexity index is 586. The molecule has 1 saturated carbocycles. The summed E-state index contributed by atoms with van der Waals surface area (Å²) >= 11 is 0. The van der Waals surface area contributed by atoms with Gasteiger partial charge in [0.25, 0.3) is 0 Å². The van der Waals surface area contributed by atoms with Gasteiger partial charge >= 0.3 is 5.97 Å². The van der Waals surface area contributed by atoms with E-state index in [1.54, 1.807) is 0 Å². The molecule has 3 atom stereocenters. The van der Waals surface area contributed by atoms with E-state index in [1.807, 2.05) is 12.2 Å². The summed E-state index contributed by atoms with van der Waals surface area (Å²) in [6.45, 7) is 4.15. The Morgan fingerprint density at radius 1 is 1.07 bits per heavy atom. The first kappa shape index (κ1) is 25.3. The standard InChI is InChI=1S/C24H38O5/c1-18(2)11-7-6-8-12-19(25)15-16-21-20(22(26)17-23(21)27)13-9-4-5-10-14-24(28)29-3/h4,9,11,20-21,23,27H,5-8,10,12-17H2,1-3H3/b9-4-/t20?,21-,23?/m1/s1. The molecule has 1 aliphatic carbocycles. The Morgan fingerprint density at radius 3 is 2.52 bits per heavy atom. The first-order valence-corrected chi connectivity index (χ1v) is 10.9. The summed E-state index contributed by atoms with van der Waals surface area (Å²) in [7, 11) is 1.38. The molecule has 29 heavy (non-hydrogen) atoms. The average Bonchev–Trinajstić information content (AvgIpc) is 2.94. The molecule has 0 aromatic heterocycles. The number of aliphatic hydroxyl groups excluding tert-OH is 1. The van der Waals surface area contributed by atoms with E-state index in [4.69, 9.17) is 0 Å². The van der Waals surface area contributed by atoms with Crippen LogP contribution in [0.4, 0.5) is 0 Å². The first-order chi connectivity index (χ1) is 13.8. The van der Waals surface area contributed by atoms with E-state index >= 15 is 0 Å². The third-order valence-electron chi connectivity index (χ3n) is 5.59. The zero-order valence-corrected chi connectivity index (χ0v) is 18.3. The molecule has 5 nitrogen and oxygen atoms in total. The molecule has 0 radical (unpaired) electrons. The zero-order chi connectivity index (χ0) is 21.6. The van der Waals surface area contributed by atoms with Gasteiger partial charge in [-0.15, -0.1) is 0 Å². The second-order valence-corrected chi connectivity index (χ2v) is 8.29. The molecule has 0 spiro atoms. The number of ether oxygens (including phenoxy) is 1. The van der Waals surface area contributed by atoms with E-state index in [1.165, 1.54) is 12.7 Å². The van der Waals surface area contributed by atoms with Crippen LogP contribution >= 0.6 is 0 Å². The fraction of sp³-hybridized carbons (Fsp3) is 0.708. The van der Waals surface area contributed by atoms with Crippen LogP contribution in [-0.4, -0.2) is 35.9 Å². The topological polar surface area (TPSA) is 80.7 Å². The highest BCUT2D eigenvalue weighted by molar-refractivity contribution is 5.84. The van der Waals surface area contributed by atoms with E-state index in [0.29, 0.717) is 32.1 Å². The highest BCUT2D eigenvalue weighted by Crippen LogP contribution is 2.35. The molecule has 0 aromatic rings. The maximum atomic E-state index is 12.2. The molecule has 0 amide bonds. The van der Waals surface area contributed by atoms with Crippen molar-refractivity contribution in [1.82, 2.24) is 0 Å². The molecule has 0 aromatic carbocycles. The lowest BCUT2D eigenvalue weighted by molar-refractivity contribution is -0.140. The van der Waals surface area contributed by atoms with Gasteiger partial charge in [-0.2, -0.15) is 0 Å². The van der Waals surface area contributed by atoms with Gasteiger partial charge in [-0.1, -0.05) is 23.8 Å². The van der Waals surface area contributed by atoms with Crippen LogP contribution in [0.3, 0.4) is 0 Å². The molecular weight excluding hydrogens is 368 g/mol. The minimum absolute atomic E-state index is 0.0934. The summed E-state index contributed by atoms with van der Waals surface area (Å²) in [5.74, 6) is -0.222. The Labute approximate surface area is 175 Å². The van der Waals surface area contributed by atoms with Crippen LogP contribution in [0.2, 0.25) is 0 Å². The van der Waals surface area contributed by atoms with Gasteiger partial charge in [-0.3, -0.25) is 14.4 Å². The lowest BCUT2D eigenvalue weighted by atomic mass is 9.86. The second kappa shape index (κ2) is 14.3. The maximum Gasteiger partial charge on any atom is 0.305 e. The van der Waals surface area contributed by atoms with Gasteiger partial charge in [0, 0.05) is 31.6 Å². The van der Waals surface area contributed by atoms with Crippen molar-refractivity contribution in [3.05, 3.63) is 23.8 Å². The van der Waals surface area contributed by atoms with Crippen molar-refractivity contribution in [2.75, 3.05) is 7.11 Å². The third-order valence-corrected chi connectivity index (χ3v) is 5.59. The van der Waals surface area contributed by atoms with Crippen LogP contribution in [0.15, 0.2) is 23.8 Å². The molecule has 0 heterocycles. The highest BCUT2D eigenvalue weighted by atomic mass is 16.5.